The fourth-order valence-electron chi connectivity index (χ4n) is 2.31. The van der Waals surface area contributed by atoms with E-state index in [-0.39, 0.29) is 12.0 Å². The molecule has 0 aliphatic carbocycles. The topological polar surface area (TPSA) is 42.4 Å². The van der Waals surface area contributed by atoms with Crippen LogP contribution in [0.25, 0.3) is 0 Å². The third kappa shape index (κ3) is 2.40. The van der Waals surface area contributed by atoms with E-state index in [1.165, 1.54) is 5.56 Å². The van der Waals surface area contributed by atoms with E-state index in [1.54, 1.807) is 16.8 Å². The number of aliphatic hydroxyl groups excluding tert-OH is 1. The number of hydrogen-bond acceptors (Lipinski definition) is 4. The first kappa shape index (κ1) is 11.7. The van der Waals surface area contributed by atoms with Crippen LogP contribution in [0.2, 0.25) is 0 Å². The van der Waals surface area contributed by atoms with Gasteiger partial charge < -0.3 is 9.84 Å². The maximum Gasteiger partial charge on any atom is 0.122 e. The highest BCUT2D eigenvalue weighted by Gasteiger charge is 2.26. The molecule has 94 valence electrons. The average molecular weight is 261 g/mol. The molecule has 1 aliphatic heterocycles. The number of hydrogen-bond donors (Lipinski definition) is 1. The molecule has 2 heterocycles. The van der Waals surface area contributed by atoms with Gasteiger partial charge in [0.05, 0.1) is 18.2 Å². The lowest BCUT2D eigenvalue weighted by atomic mass is 9.90. The molecule has 1 aromatic heterocycles. The Bertz CT molecular complexity index is 512. The number of para-hydroxylation sites is 1. The largest absolute Gasteiger partial charge is 0.493 e. The van der Waals surface area contributed by atoms with Crippen LogP contribution in [0, 0.1) is 5.92 Å². The smallest absolute Gasteiger partial charge is 0.122 e. The summed E-state index contributed by atoms with van der Waals surface area (Å²) in [7, 11) is 0. The van der Waals surface area contributed by atoms with Crippen molar-refractivity contribution in [3.8, 4) is 5.75 Å². The highest BCUT2D eigenvalue weighted by molar-refractivity contribution is 7.09. The molecule has 0 radical (unpaired) electrons. The van der Waals surface area contributed by atoms with Gasteiger partial charge >= 0.3 is 0 Å². The third-order valence-corrected chi connectivity index (χ3v) is 4.15. The molecule has 3 nitrogen and oxygen atoms in total. The summed E-state index contributed by atoms with van der Waals surface area (Å²) in [4.78, 5) is 5.16. The van der Waals surface area contributed by atoms with Crippen molar-refractivity contribution in [3.63, 3.8) is 0 Å². The summed E-state index contributed by atoms with van der Waals surface area (Å²) in [5.41, 5.74) is 2.99. The van der Waals surface area contributed by atoms with Gasteiger partial charge in [0.1, 0.15) is 5.75 Å². The second kappa shape index (κ2) is 5.08. The van der Waals surface area contributed by atoms with Gasteiger partial charge in [-0.2, -0.15) is 0 Å². The summed E-state index contributed by atoms with van der Waals surface area (Å²) in [6.45, 7) is 0.594. The Hall–Kier alpha value is -1.39. The van der Waals surface area contributed by atoms with E-state index in [1.807, 2.05) is 24.4 Å². The predicted molar refractivity (Wildman–Crippen MR) is 71.0 cm³/mol. The number of aromatic nitrogens is 1. The lowest BCUT2D eigenvalue weighted by molar-refractivity contribution is 0.0658. The summed E-state index contributed by atoms with van der Waals surface area (Å²) in [6.07, 6.45) is 3.02. The van der Waals surface area contributed by atoms with E-state index >= 15 is 0 Å². The van der Waals surface area contributed by atoms with Gasteiger partial charge in [-0.1, -0.05) is 18.2 Å². The van der Waals surface area contributed by atoms with Crippen LogP contribution in [0.5, 0.6) is 5.75 Å². The van der Waals surface area contributed by atoms with Crippen LogP contribution in [0.15, 0.2) is 36.0 Å². The van der Waals surface area contributed by atoms with E-state index in [9.17, 15) is 5.11 Å². The monoisotopic (exact) mass is 261 g/mol. The van der Waals surface area contributed by atoms with Crippen LogP contribution in [0.3, 0.4) is 0 Å². The van der Waals surface area contributed by atoms with E-state index in [0.717, 1.165) is 17.0 Å². The van der Waals surface area contributed by atoms with Crippen LogP contribution in [0.1, 0.15) is 10.4 Å². The molecule has 1 aromatic carbocycles. The van der Waals surface area contributed by atoms with Crippen LogP contribution in [-0.2, 0) is 12.8 Å². The second-order valence-electron chi connectivity index (χ2n) is 4.62. The fourth-order valence-corrected chi connectivity index (χ4v) is 2.96. The SMILES string of the molecule is OC(Cc1cncs1)C1COc2ccccc2C1. The number of nitrogens with zero attached hydrogens (tertiary/aromatic N) is 1. The first-order valence-corrected chi connectivity index (χ1v) is 6.97. The molecule has 0 amide bonds. The third-order valence-electron chi connectivity index (χ3n) is 3.35. The van der Waals surface area contributed by atoms with Crippen molar-refractivity contribution in [3.05, 3.63) is 46.4 Å². The molecule has 18 heavy (non-hydrogen) atoms. The van der Waals surface area contributed by atoms with Crippen molar-refractivity contribution < 1.29 is 9.84 Å². The van der Waals surface area contributed by atoms with E-state index < -0.39 is 0 Å². The van der Waals surface area contributed by atoms with Gasteiger partial charge in [-0.15, -0.1) is 11.3 Å². The Balaban J connectivity index is 1.68. The number of thiazole rings is 1. The molecule has 0 saturated carbocycles. The molecule has 1 N–H and O–H groups in total. The Morgan fingerprint density at radius 1 is 1.44 bits per heavy atom. The van der Waals surface area contributed by atoms with Crippen molar-refractivity contribution in [2.45, 2.75) is 18.9 Å². The first-order chi connectivity index (χ1) is 8.83. The van der Waals surface area contributed by atoms with Gasteiger partial charge in [-0.25, -0.2) is 0 Å². The van der Waals surface area contributed by atoms with Crippen molar-refractivity contribution in [2.75, 3.05) is 6.61 Å². The molecule has 2 aromatic rings. The molecular weight excluding hydrogens is 246 g/mol. The predicted octanol–water partition coefficient (Wildman–Crippen LogP) is 2.30. The minimum atomic E-state index is -0.362. The molecule has 0 saturated heterocycles. The van der Waals surface area contributed by atoms with Gasteiger partial charge in [-0.05, 0) is 18.1 Å². The van der Waals surface area contributed by atoms with Crippen LogP contribution < -0.4 is 4.74 Å². The lowest BCUT2D eigenvalue weighted by Gasteiger charge is -2.28. The molecule has 0 spiro atoms. The normalized spacial score (nSPS) is 19.9. The summed E-state index contributed by atoms with van der Waals surface area (Å²) >= 11 is 1.59. The van der Waals surface area contributed by atoms with E-state index in [0.29, 0.717) is 13.0 Å². The molecule has 1 aliphatic rings. The van der Waals surface area contributed by atoms with Gasteiger partial charge in [0.15, 0.2) is 0 Å². The molecule has 2 atom stereocenters. The van der Waals surface area contributed by atoms with Crippen molar-refractivity contribution in [1.82, 2.24) is 4.98 Å². The van der Waals surface area contributed by atoms with Crippen molar-refractivity contribution in [2.24, 2.45) is 5.92 Å². The number of aliphatic hydroxyl groups is 1. The van der Waals surface area contributed by atoms with E-state index in [2.05, 4.69) is 11.1 Å². The number of rotatable bonds is 3. The number of fused-ring (bicyclic) bond motifs is 1. The zero-order valence-electron chi connectivity index (χ0n) is 9.95. The summed E-state index contributed by atoms with van der Waals surface area (Å²) in [5, 5.41) is 10.3. The molecule has 0 bridgehead atoms. The maximum absolute atomic E-state index is 10.3. The maximum atomic E-state index is 10.3. The first-order valence-electron chi connectivity index (χ1n) is 6.09. The molecule has 0 fully saturated rings. The average Bonchev–Trinajstić information content (AvgIpc) is 2.91. The van der Waals surface area contributed by atoms with Gasteiger partial charge in [0.25, 0.3) is 0 Å². The van der Waals surface area contributed by atoms with Crippen LogP contribution >= 0.6 is 11.3 Å². The van der Waals surface area contributed by atoms with Gasteiger partial charge in [0.2, 0.25) is 0 Å². The molecule has 3 rings (SSSR count). The quantitative estimate of drug-likeness (QED) is 0.922. The van der Waals surface area contributed by atoms with Gasteiger partial charge in [0, 0.05) is 23.4 Å². The highest BCUT2D eigenvalue weighted by atomic mass is 32.1. The van der Waals surface area contributed by atoms with Crippen molar-refractivity contribution >= 4 is 11.3 Å². The highest BCUT2D eigenvalue weighted by Crippen LogP contribution is 2.29. The van der Waals surface area contributed by atoms with Crippen LogP contribution in [0.4, 0.5) is 0 Å². The summed E-state index contributed by atoms with van der Waals surface area (Å²) in [5.74, 6) is 1.13. The minimum Gasteiger partial charge on any atom is -0.493 e. The Morgan fingerprint density at radius 3 is 3.17 bits per heavy atom. The Kier molecular flexibility index (Phi) is 3.30. The summed E-state index contributed by atoms with van der Waals surface area (Å²) < 4.78 is 5.70. The molecule has 2 unspecified atom stereocenters. The Morgan fingerprint density at radius 2 is 2.33 bits per heavy atom. The van der Waals surface area contributed by atoms with Crippen molar-refractivity contribution in [1.29, 1.82) is 0 Å². The lowest BCUT2D eigenvalue weighted by Crippen LogP contribution is -2.32. The van der Waals surface area contributed by atoms with Crippen LogP contribution in [-0.4, -0.2) is 22.8 Å². The second-order valence-corrected chi connectivity index (χ2v) is 5.59. The number of ether oxygens (including phenoxy) is 1. The van der Waals surface area contributed by atoms with Gasteiger partial charge in [-0.3, -0.25) is 4.98 Å². The minimum absolute atomic E-state index is 0.169. The summed E-state index contributed by atoms with van der Waals surface area (Å²) in [6, 6.07) is 8.05. The number of benzene rings is 1. The van der Waals surface area contributed by atoms with E-state index in [4.69, 9.17) is 4.74 Å². The zero-order valence-corrected chi connectivity index (χ0v) is 10.8. The molecular formula is C14H15NO2S. The fraction of sp³-hybridized carbons (Fsp3) is 0.357. The molecule has 4 heteroatoms. The zero-order chi connectivity index (χ0) is 12.4. The Labute approximate surface area is 110 Å². The standard InChI is InChI=1S/C14H15NO2S/c16-13(6-12-7-15-9-18-12)11-5-10-3-1-2-4-14(10)17-8-11/h1-4,7,9,11,13,16H,5-6,8H2.